The monoisotopic (exact) mass is 444 g/mol. The molecule has 32 heavy (non-hydrogen) atoms. The number of imide groups is 1. The van der Waals surface area contributed by atoms with Crippen LogP contribution in [0.1, 0.15) is 55.5 Å². The summed E-state index contributed by atoms with van der Waals surface area (Å²) in [5.41, 5.74) is -0.426. The minimum absolute atomic E-state index is 0.0315. The second-order valence-electron chi connectivity index (χ2n) is 10.0. The second kappa shape index (κ2) is 8.03. The van der Waals surface area contributed by atoms with Crippen molar-refractivity contribution in [3.8, 4) is 0 Å². The highest BCUT2D eigenvalue weighted by Gasteiger charge is 2.57. The van der Waals surface area contributed by atoms with Gasteiger partial charge in [-0.1, -0.05) is 0 Å². The van der Waals surface area contributed by atoms with E-state index in [4.69, 9.17) is 9.15 Å². The van der Waals surface area contributed by atoms with Gasteiger partial charge in [0.1, 0.15) is 6.04 Å². The Balaban J connectivity index is 1.21. The van der Waals surface area contributed by atoms with E-state index in [2.05, 4.69) is 5.32 Å². The van der Waals surface area contributed by atoms with E-state index in [1.807, 2.05) is 0 Å². The third-order valence-corrected chi connectivity index (χ3v) is 7.65. The molecule has 1 unspecified atom stereocenters. The Morgan fingerprint density at radius 3 is 2.34 bits per heavy atom. The lowest BCUT2D eigenvalue weighted by atomic mass is 9.49. The van der Waals surface area contributed by atoms with Crippen molar-refractivity contribution in [1.29, 1.82) is 0 Å². The minimum atomic E-state index is -0.918. The Morgan fingerprint density at radius 1 is 1.09 bits per heavy atom. The maximum atomic E-state index is 13.6. The van der Waals surface area contributed by atoms with Crippen LogP contribution in [0.4, 0.5) is 0 Å². The van der Waals surface area contributed by atoms with Gasteiger partial charge in [-0.2, -0.15) is 0 Å². The molecule has 5 aliphatic rings. The van der Waals surface area contributed by atoms with Crippen LogP contribution in [-0.2, 0) is 19.1 Å². The van der Waals surface area contributed by atoms with E-state index in [0.29, 0.717) is 17.8 Å². The molecule has 1 saturated heterocycles. The number of aliphatic hydroxyl groups is 1. The molecule has 0 aromatic carbocycles. The molecular weight excluding hydrogens is 416 g/mol. The fourth-order valence-electron chi connectivity index (χ4n) is 6.80. The van der Waals surface area contributed by atoms with Crippen molar-refractivity contribution in [1.82, 2.24) is 10.2 Å². The summed E-state index contributed by atoms with van der Waals surface area (Å²) in [6.45, 7) is -0.555. The number of likely N-dealkylation sites (tertiary alicyclic amines) is 1. The number of ether oxygens (including phenoxy) is 1. The Morgan fingerprint density at radius 2 is 1.75 bits per heavy atom. The van der Waals surface area contributed by atoms with Gasteiger partial charge in [0.2, 0.25) is 5.91 Å². The number of amides is 3. The maximum Gasteiger partial charge on any atom is 0.329 e. The number of carbonyl (C=O) groups is 4. The average Bonchev–Trinajstić information content (AvgIpc) is 3.40. The van der Waals surface area contributed by atoms with Crippen molar-refractivity contribution in [3.63, 3.8) is 0 Å². The molecule has 2 atom stereocenters. The molecule has 3 amide bonds. The first-order valence-corrected chi connectivity index (χ1v) is 11.4. The number of nitrogens with one attached hydrogen (secondary N) is 1. The van der Waals surface area contributed by atoms with Crippen LogP contribution < -0.4 is 5.32 Å². The van der Waals surface area contributed by atoms with Gasteiger partial charge in [0.15, 0.2) is 12.4 Å². The number of nitrogens with zero attached hydrogens (tertiary/aromatic N) is 1. The highest BCUT2D eigenvalue weighted by Crippen LogP contribution is 2.60. The zero-order valence-corrected chi connectivity index (χ0v) is 17.8. The molecule has 1 aromatic rings. The third-order valence-electron chi connectivity index (χ3n) is 7.65. The Kier molecular flexibility index (Phi) is 5.31. The zero-order chi connectivity index (χ0) is 22.5. The van der Waals surface area contributed by atoms with Crippen LogP contribution in [0.25, 0.3) is 0 Å². The first kappa shape index (κ1) is 21.2. The summed E-state index contributed by atoms with van der Waals surface area (Å²) in [7, 11) is 0. The molecule has 6 rings (SSSR count). The third kappa shape index (κ3) is 3.83. The van der Waals surface area contributed by atoms with Crippen LogP contribution in [0.3, 0.4) is 0 Å². The van der Waals surface area contributed by atoms with E-state index in [0.717, 1.165) is 19.3 Å². The first-order chi connectivity index (χ1) is 15.3. The molecule has 4 saturated carbocycles. The number of esters is 1. The number of rotatable bonds is 5. The standard InChI is InChI=1S/C23H28N2O7/c26-16-7-17(21(29)32-12-19(27)24-20(28)18-2-1-3-31-18)25(11-16)22(30)23-8-13-4-14(9-23)6-15(5-13)10-23/h1-3,13-17,26H,4-12H2,(H,24,27,28)/t13?,14?,15?,16?,17-,23?/m0/s1. The summed E-state index contributed by atoms with van der Waals surface area (Å²) in [5.74, 6) is -0.595. The van der Waals surface area contributed by atoms with Gasteiger partial charge in [-0.3, -0.25) is 19.7 Å². The van der Waals surface area contributed by atoms with Crippen molar-refractivity contribution in [3.05, 3.63) is 24.2 Å². The maximum absolute atomic E-state index is 13.6. The highest BCUT2D eigenvalue weighted by atomic mass is 16.5. The van der Waals surface area contributed by atoms with Crippen molar-refractivity contribution >= 4 is 23.7 Å². The summed E-state index contributed by atoms with van der Waals surface area (Å²) in [5, 5.41) is 12.3. The van der Waals surface area contributed by atoms with Gasteiger partial charge in [-0.05, 0) is 68.4 Å². The summed E-state index contributed by atoms with van der Waals surface area (Å²) < 4.78 is 10.0. The Labute approximate surface area is 185 Å². The summed E-state index contributed by atoms with van der Waals surface area (Å²) >= 11 is 0. The fourth-order valence-corrected chi connectivity index (χ4v) is 6.80. The van der Waals surface area contributed by atoms with Gasteiger partial charge in [-0.15, -0.1) is 0 Å². The molecule has 9 heteroatoms. The molecule has 0 spiro atoms. The van der Waals surface area contributed by atoms with Gasteiger partial charge in [0, 0.05) is 13.0 Å². The Bertz CT molecular complexity index is 890. The smallest absolute Gasteiger partial charge is 0.329 e. The van der Waals surface area contributed by atoms with E-state index in [9.17, 15) is 24.3 Å². The Hall–Kier alpha value is -2.68. The molecule has 4 aliphatic carbocycles. The van der Waals surface area contributed by atoms with E-state index < -0.39 is 42.0 Å². The van der Waals surface area contributed by atoms with Crippen molar-refractivity contribution in [2.75, 3.05) is 13.2 Å². The predicted octanol–water partition coefficient (Wildman–Crippen LogP) is 1.26. The van der Waals surface area contributed by atoms with E-state index in [-0.39, 0.29) is 24.6 Å². The topological polar surface area (TPSA) is 126 Å². The van der Waals surface area contributed by atoms with Crippen LogP contribution in [0, 0.1) is 23.2 Å². The summed E-state index contributed by atoms with van der Waals surface area (Å²) in [4.78, 5) is 51.7. The normalized spacial score (nSPS) is 35.0. The number of furan rings is 1. The molecule has 9 nitrogen and oxygen atoms in total. The fraction of sp³-hybridized carbons (Fsp3) is 0.652. The van der Waals surface area contributed by atoms with Gasteiger partial charge in [0.05, 0.1) is 17.8 Å². The van der Waals surface area contributed by atoms with Crippen LogP contribution >= 0.6 is 0 Å². The van der Waals surface area contributed by atoms with Crippen LogP contribution in [0.2, 0.25) is 0 Å². The first-order valence-electron chi connectivity index (χ1n) is 11.4. The van der Waals surface area contributed by atoms with Gasteiger partial charge in [-0.25, -0.2) is 4.79 Å². The molecule has 2 heterocycles. The second-order valence-corrected chi connectivity index (χ2v) is 10.0. The lowest BCUT2D eigenvalue weighted by Gasteiger charge is -2.56. The van der Waals surface area contributed by atoms with Gasteiger partial charge in [0.25, 0.3) is 11.8 Å². The molecule has 5 fully saturated rings. The SMILES string of the molecule is O=C(COC(=O)[C@@H]1CC(O)CN1C(=O)C12CC3CC(CC(C3)C1)C2)NC(=O)c1ccco1. The van der Waals surface area contributed by atoms with E-state index >= 15 is 0 Å². The molecule has 4 bridgehead atoms. The van der Waals surface area contributed by atoms with Crippen LogP contribution in [-0.4, -0.2) is 59.0 Å². The molecule has 0 radical (unpaired) electrons. The quantitative estimate of drug-likeness (QED) is 0.655. The number of aliphatic hydroxyl groups excluding tert-OH is 1. The summed E-state index contributed by atoms with van der Waals surface area (Å²) in [6.07, 6.45) is 6.78. The van der Waals surface area contributed by atoms with Crippen molar-refractivity contribution in [2.24, 2.45) is 23.2 Å². The van der Waals surface area contributed by atoms with Gasteiger partial charge < -0.3 is 19.2 Å². The van der Waals surface area contributed by atoms with Crippen LogP contribution in [0.15, 0.2) is 22.8 Å². The number of carbonyl (C=O) groups excluding carboxylic acids is 4. The lowest BCUT2D eigenvalue weighted by Crippen LogP contribution is -2.56. The number of hydrogen-bond donors (Lipinski definition) is 2. The number of β-amino-alcohol motifs (C(OH)–C–C–N with tert-alkyl or cyclic N) is 1. The number of hydrogen-bond acceptors (Lipinski definition) is 7. The lowest BCUT2D eigenvalue weighted by molar-refractivity contribution is -0.166. The molecule has 2 N–H and O–H groups in total. The van der Waals surface area contributed by atoms with Gasteiger partial charge >= 0.3 is 5.97 Å². The average molecular weight is 444 g/mol. The predicted molar refractivity (Wildman–Crippen MR) is 109 cm³/mol. The summed E-state index contributed by atoms with van der Waals surface area (Å²) in [6, 6.07) is 2.00. The molecule has 172 valence electrons. The van der Waals surface area contributed by atoms with Crippen molar-refractivity contribution in [2.45, 2.75) is 57.1 Å². The minimum Gasteiger partial charge on any atom is -0.459 e. The van der Waals surface area contributed by atoms with Crippen LogP contribution in [0.5, 0.6) is 0 Å². The van der Waals surface area contributed by atoms with Crippen molar-refractivity contribution < 1.29 is 33.4 Å². The molecule has 1 aliphatic heterocycles. The van der Waals surface area contributed by atoms with E-state index in [1.165, 1.54) is 42.6 Å². The highest BCUT2D eigenvalue weighted by molar-refractivity contribution is 6.03. The zero-order valence-electron chi connectivity index (χ0n) is 17.8. The largest absolute Gasteiger partial charge is 0.459 e. The molecule has 1 aromatic heterocycles. The molecular formula is C23H28N2O7. The van der Waals surface area contributed by atoms with E-state index in [1.54, 1.807) is 0 Å².